The van der Waals surface area contributed by atoms with Crippen LogP contribution >= 0.6 is 0 Å². The normalized spacial score (nSPS) is 11.5. The van der Waals surface area contributed by atoms with Crippen LogP contribution in [0.1, 0.15) is 69.4 Å². The predicted molar refractivity (Wildman–Crippen MR) is 473 cm³/mol. The second-order valence-electron chi connectivity index (χ2n) is 31.0. The molecule has 0 spiro atoms. The molecule has 20 rings (SSSR count). The molecule has 0 saturated carbocycles. The van der Waals surface area contributed by atoms with Gasteiger partial charge in [-0.1, -0.05) is 175 Å². The van der Waals surface area contributed by atoms with Crippen molar-refractivity contribution in [3.8, 4) is 74.3 Å². The van der Waals surface area contributed by atoms with E-state index in [4.69, 9.17) is 0 Å². The van der Waals surface area contributed by atoms with Gasteiger partial charge in [-0.15, -0.1) is 0 Å². The Hall–Kier alpha value is -15.2. The molecule has 0 atom stereocenters. The van der Waals surface area contributed by atoms with E-state index in [2.05, 4.69) is 341 Å². The lowest BCUT2D eigenvalue weighted by atomic mass is 9.85. The van der Waals surface area contributed by atoms with Crippen LogP contribution in [0.4, 0.5) is 17.1 Å². The summed E-state index contributed by atoms with van der Waals surface area (Å²) < 4.78 is 9.20. The summed E-state index contributed by atoms with van der Waals surface area (Å²) in [7, 11) is 0. The highest BCUT2D eigenvalue weighted by Gasteiger charge is 2.25. The number of rotatable bonds is 10. The highest BCUT2D eigenvalue weighted by atomic mass is 15.1. The maximum Gasteiger partial charge on any atom is 0.0998 e. The maximum atomic E-state index is 10.1. The molecular weight excluding hydrogens is 1400 g/mol. The van der Waals surface area contributed by atoms with E-state index in [1.54, 1.807) is 37.2 Å². The Kier molecular flexibility index (Phi) is 18.3. The lowest BCUT2D eigenvalue weighted by Crippen LogP contribution is -2.10. The number of nitrogens with zero attached hydrogens (tertiary/aromatic N) is 11. The third kappa shape index (κ3) is 13.1. The zero-order valence-corrected chi connectivity index (χ0v) is 64.5. The van der Waals surface area contributed by atoms with Crippen molar-refractivity contribution >= 4 is 104 Å². The number of hydrogen-bond acceptors (Lipinski definition) is 7. The molecule has 548 valence electrons. The van der Waals surface area contributed by atoms with Gasteiger partial charge in [-0.05, 0) is 238 Å². The van der Waals surface area contributed by atoms with Crippen molar-refractivity contribution in [3.05, 3.63) is 387 Å². The van der Waals surface area contributed by atoms with E-state index >= 15 is 0 Å². The first kappa shape index (κ1) is 71.4. The smallest absolute Gasteiger partial charge is 0.0998 e. The number of hydrogen-bond donors (Lipinski definition) is 0. The Balaban J connectivity index is 0.000000120. The second kappa shape index (κ2) is 29.5. The number of aromatic nitrogens is 7. The number of para-hydroxylation sites is 6. The average molecular weight is 1480 g/mol. The Morgan fingerprint density at radius 3 is 0.948 bits per heavy atom. The van der Waals surface area contributed by atoms with Gasteiger partial charge in [0.15, 0.2) is 0 Å². The number of nitriles is 3. The Morgan fingerprint density at radius 1 is 0.243 bits per heavy atom. The number of pyridine rings is 3. The minimum absolute atomic E-state index is 0.0627. The van der Waals surface area contributed by atoms with Crippen molar-refractivity contribution in [2.45, 2.75) is 52.4 Å². The average Bonchev–Trinajstić information content (AvgIpc) is 1.59. The van der Waals surface area contributed by atoms with Gasteiger partial charge < -0.3 is 23.2 Å². The van der Waals surface area contributed by atoms with Gasteiger partial charge in [-0.25, -0.2) is 0 Å². The molecule has 0 amide bonds. The van der Waals surface area contributed by atoms with Crippen molar-refractivity contribution in [2.75, 3.05) is 4.90 Å². The summed E-state index contributed by atoms with van der Waals surface area (Å²) in [5.74, 6) is 0. The lowest BCUT2D eigenvalue weighted by Gasteiger charge is -2.25. The Labute approximate surface area is 667 Å². The van der Waals surface area contributed by atoms with Crippen LogP contribution in [0.3, 0.4) is 0 Å². The molecule has 115 heavy (non-hydrogen) atoms. The Bertz CT molecular complexity index is 7100. The third-order valence-corrected chi connectivity index (χ3v) is 22.1. The molecule has 20 aromatic rings. The quantitative estimate of drug-likeness (QED) is 0.133. The summed E-state index contributed by atoms with van der Waals surface area (Å²) in [6, 6.07) is 119. The zero-order chi connectivity index (χ0) is 78.5. The summed E-state index contributed by atoms with van der Waals surface area (Å²) in [6.07, 6.45) is 10.6. The van der Waals surface area contributed by atoms with Crippen LogP contribution in [0.15, 0.2) is 359 Å². The van der Waals surface area contributed by atoms with Gasteiger partial charge in [-0.3, -0.25) is 15.0 Å². The first-order valence-corrected chi connectivity index (χ1v) is 38.6. The number of fused-ring (bicyclic) bond motifs is 12. The number of benzene rings is 13. The molecule has 0 aliphatic rings. The van der Waals surface area contributed by atoms with Crippen LogP contribution in [0.5, 0.6) is 0 Å². The van der Waals surface area contributed by atoms with Crippen LogP contribution in [0.2, 0.25) is 0 Å². The van der Waals surface area contributed by atoms with E-state index in [0.717, 1.165) is 106 Å². The Morgan fingerprint density at radius 2 is 0.548 bits per heavy atom. The first-order valence-electron chi connectivity index (χ1n) is 38.6. The van der Waals surface area contributed by atoms with Gasteiger partial charge in [-0.2, -0.15) is 15.8 Å². The molecule has 11 nitrogen and oxygen atoms in total. The van der Waals surface area contributed by atoms with Crippen molar-refractivity contribution in [3.63, 3.8) is 0 Å². The lowest BCUT2D eigenvalue weighted by molar-refractivity contribution is 0.590. The fraction of sp³-hybridized carbons (Fsp3) is 0.0769. The van der Waals surface area contributed by atoms with Crippen molar-refractivity contribution < 1.29 is 0 Å². The van der Waals surface area contributed by atoms with E-state index in [0.29, 0.717) is 16.7 Å². The number of anilines is 3. The van der Waals surface area contributed by atoms with Crippen LogP contribution < -0.4 is 4.90 Å². The topological polar surface area (TPSA) is 133 Å². The maximum absolute atomic E-state index is 10.1. The summed E-state index contributed by atoms with van der Waals surface area (Å²) in [5, 5.41) is 39.6. The van der Waals surface area contributed by atoms with Gasteiger partial charge in [0, 0.05) is 126 Å². The molecular formula is C104H77N11. The van der Waals surface area contributed by atoms with Crippen LogP contribution in [-0.2, 0) is 10.8 Å². The zero-order valence-electron chi connectivity index (χ0n) is 64.5. The van der Waals surface area contributed by atoms with E-state index in [9.17, 15) is 15.8 Å². The van der Waals surface area contributed by atoms with E-state index in [1.807, 2.05) is 78.9 Å². The largest absolute Gasteiger partial charge is 0.310 e. The summed E-state index contributed by atoms with van der Waals surface area (Å²) in [5.41, 5.74) is 26.9. The summed E-state index contributed by atoms with van der Waals surface area (Å²) >= 11 is 0. The van der Waals surface area contributed by atoms with Crippen molar-refractivity contribution in [1.29, 1.82) is 15.8 Å². The predicted octanol–water partition coefficient (Wildman–Crippen LogP) is 26.3. The molecule has 0 aliphatic heterocycles. The highest BCUT2D eigenvalue weighted by molar-refractivity contribution is 6.14. The fourth-order valence-corrected chi connectivity index (χ4v) is 16.4. The molecule has 0 unspecified atom stereocenters. The van der Waals surface area contributed by atoms with Crippen LogP contribution in [0, 0.1) is 34.0 Å². The molecule has 11 heteroatoms. The SMILES string of the molecule is CC(C)(C)c1ccc2c(c1)c1cc(C(C)(C)C)ccc1n2-c1ccc(C#N)c(-c2ccncc2)c1.N#Cc1cc(-n2c3ccccc3c3cc(-n4c5ccccc5c5ccccc54)ccc32)ccc1-c1ccncc1.N#Cc1cc(-n2c3ccccc3c3cc(N(c4ccccc4)c4ccccc4)ccc32)ccc1-c1ccncc1. The molecule has 7 aromatic heterocycles. The van der Waals surface area contributed by atoms with Gasteiger partial charge in [0.05, 0.1) is 79.0 Å². The third-order valence-electron chi connectivity index (χ3n) is 22.1. The second-order valence-corrected chi connectivity index (χ2v) is 31.0. The standard InChI is InChI=1S/C36H22N4.C36H24N4.C32H31N3/c37-23-25-21-26(13-15-28(25)24-17-19-38-20-18-24)39-35-12-6-3-9-31(35)32-22-27(14-16-36(32)39)40-33-10-4-1-7-29(33)30-8-2-5-11-34(30)40;37-25-27-23-30(15-17-32(27)26-19-21-38-22-20-26)40-35-14-8-7-13-33(35)34-24-31(16-18-36(34)40)39(28-9-3-1-4-10-28)29-11-5-2-6-12-29;1-31(2,3)23-8-11-29-27(17-23)28-18-24(32(4,5)6)9-12-30(28)35(29)25-10-7-22(20-33)26(19-25)21-13-15-34-16-14-21/h1-22H;1-24H;7-19H,1-6H3. The van der Waals surface area contributed by atoms with Gasteiger partial charge in [0.2, 0.25) is 0 Å². The fourth-order valence-electron chi connectivity index (χ4n) is 16.4. The minimum Gasteiger partial charge on any atom is -0.310 e. The van der Waals surface area contributed by atoms with Gasteiger partial charge >= 0.3 is 0 Å². The molecule has 0 radical (unpaired) electrons. The van der Waals surface area contributed by atoms with Gasteiger partial charge in [0.1, 0.15) is 0 Å². The molecule has 7 heterocycles. The van der Waals surface area contributed by atoms with Crippen molar-refractivity contribution in [1.82, 2.24) is 33.2 Å². The molecule has 0 bridgehead atoms. The first-order chi connectivity index (χ1) is 56.2. The van der Waals surface area contributed by atoms with Crippen LogP contribution in [-0.4, -0.2) is 33.2 Å². The monoisotopic (exact) mass is 1480 g/mol. The summed E-state index contributed by atoms with van der Waals surface area (Å²) in [4.78, 5) is 14.7. The van der Waals surface area contributed by atoms with Crippen molar-refractivity contribution in [2.24, 2.45) is 0 Å². The van der Waals surface area contributed by atoms with E-state index in [-0.39, 0.29) is 10.8 Å². The minimum atomic E-state index is 0.0627. The molecule has 0 fully saturated rings. The van der Waals surface area contributed by atoms with E-state index < -0.39 is 0 Å². The molecule has 0 aliphatic carbocycles. The molecule has 0 N–H and O–H groups in total. The molecule has 0 saturated heterocycles. The highest BCUT2D eigenvalue weighted by Crippen LogP contribution is 2.44. The summed E-state index contributed by atoms with van der Waals surface area (Å²) in [6.45, 7) is 13.6. The molecule has 13 aromatic carbocycles. The van der Waals surface area contributed by atoms with E-state index in [1.165, 1.54) is 65.5 Å². The van der Waals surface area contributed by atoms with Gasteiger partial charge in [0.25, 0.3) is 0 Å². The van der Waals surface area contributed by atoms with Crippen LogP contribution in [0.25, 0.3) is 143 Å².